The van der Waals surface area contributed by atoms with Gasteiger partial charge < -0.3 is 17.3 Å². The van der Waals surface area contributed by atoms with Crippen LogP contribution < -0.4 is 17.3 Å². The van der Waals surface area contributed by atoms with Crippen LogP contribution >= 0.6 is 0 Å². The second-order valence-corrected chi connectivity index (χ2v) is 1.27. The van der Waals surface area contributed by atoms with E-state index in [4.69, 9.17) is 15.1 Å². The van der Waals surface area contributed by atoms with Crippen LogP contribution in [0.5, 0.6) is 0 Å². The molecule has 0 fully saturated rings. The first-order chi connectivity index (χ1) is 8.23. The summed E-state index contributed by atoms with van der Waals surface area (Å²) in [5, 5.41) is 0. The van der Waals surface area contributed by atoms with E-state index in [0.29, 0.717) is 0 Å². The van der Waals surface area contributed by atoms with E-state index in [-0.39, 0.29) is 17.3 Å². The van der Waals surface area contributed by atoms with Gasteiger partial charge in [-0.3, -0.25) is 4.90 Å². The smallest absolute Gasteiger partial charge is 0.156 e. The van der Waals surface area contributed by atoms with Crippen molar-refractivity contribution in [1.29, 1.82) is 0 Å². The van der Waals surface area contributed by atoms with Gasteiger partial charge >= 0.3 is 0 Å². The number of halogens is 1. The van der Waals surface area contributed by atoms with E-state index in [2.05, 4.69) is 0 Å². The van der Waals surface area contributed by atoms with Gasteiger partial charge in [-0.25, -0.2) is 0 Å². The number of hydrogen-bond acceptors (Lipinski definition) is 1. The van der Waals surface area contributed by atoms with Gasteiger partial charge in [0, 0.05) is 15.2 Å². The van der Waals surface area contributed by atoms with E-state index in [1.54, 1.807) is 0 Å². The normalized spacial score (nSPS) is 56.9. The molecule has 0 amide bonds. The number of hydrogen-bond donors (Lipinski definition) is 1. The lowest BCUT2D eigenvalue weighted by Crippen LogP contribution is -3.06. The highest BCUT2D eigenvalue weighted by atomic mass is 35.5. The molecule has 1 heterocycles. The highest BCUT2D eigenvalue weighted by Gasteiger charge is 2.09. The summed E-state index contributed by atoms with van der Waals surface area (Å²) in [5.74, 6) is 0. The van der Waals surface area contributed by atoms with Crippen LogP contribution in [0, 0.1) is 0 Å². The third-order valence-electron chi connectivity index (χ3n) is 0.704. The van der Waals surface area contributed by atoms with Gasteiger partial charge in [-0.05, 0) is 6.85 Å². The Bertz CT molecular complexity index is 399. The average molecular weight is 160 g/mol. The Balaban J connectivity index is 0.00000361. The second kappa shape index (κ2) is 3.75. The first-order valence-corrected chi connectivity index (χ1v) is 1.99. The summed E-state index contributed by atoms with van der Waals surface area (Å²) < 4.78 is 80.4. The lowest BCUT2D eigenvalue weighted by atomic mass is 10.6. The Morgan fingerprint density at radius 1 is 2.22 bits per heavy atom. The van der Waals surface area contributed by atoms with E-state index in [0.717, 1.165) is 0 Å². The fourth-order valence-electron chi connectivity index (χ4n) is 0.378. The maximum absolute atomic E-state index is 7.66. The number of quaternary nitrogens is 1. The first kappa shape index (κ1) is 1.51. The summed E-state index contributed by atoms with van der Waals surface area (Å²) in [6.07, 6.45) is -1.74. The third kappa shape index (κ3) is 2.24. The van der Waals surface area contributed by atoms with Crippen LogP contribution in [0.25, 0.3) is 0 Å². The molecule has 0 bridgehead atoms. The minimum atomic E-state index is -3.15. The molecule has 0 saturated carbocycles. The fourth-order valence-corrected chi connectivity index (χ4v) is 0.378. The first-order valence-electron chi connectivity index (χ1n) is 7.57. The monoisotopic (exact) mass is 159 g/mol. The molecule has 0 aliphatic carbocycles. The minimum absolute atomic E-state index is 0. The topological polar surface area (TPSA) is 7.68 Å². The van der Waals surface area contributed by atoms with Gasteiger partial charge in [0.15, 0.2) is 6.64 Å². The van der Waals surface area contributed by atoms with Gasteiger partial charge in [-0.15, -0.1) is 0 Å². The van der Waals surface area contributed by atoms with Crippen LogP contribution in [0.1, 0.15) is 21.9 Å². The molecule has 2 unspecified atom stereocenters. The van der Waals surface area contributed by atoms with Crippen molar-refractivity contribution in [1.82, 2.24) is 4.90 Å². The molecule has 1 aliphatic heterocycles. The number of rotatable bonds is 1. The molecule has 2 nitrogen and oxygen atoms in total. The summed E-state index contributed by atoms with van der Waals surface area (Å²) in [6.45, 7) is -11.0. The van der Waals surface area contributed by atoms with Gasteiger partial charge in [0.2, 0.25) is 0 Å². The summed E-state index contributed by atoms with van der Waals surface area (Å²) in [5.41, 5.74) is 0. The average Bonchev–Trinajstić information content (AvgIpc) is 2.34. The van der Waals surface area contributed by atoms with E-state index < -0.39 is 44.2 Å². The summed E-state index contributed by atoms with van der Waals surface area (Å²) >= 11 is 0. The van der Waals surface area contributed by atoms with Gasteiger partial charge in [0.1, 0.15) is 8.92 Å². The predicted molar refractivity (Wildman–Crippen MR) is 33.3 cm³/mol. The lowest BCUT2D eigenvalue weighted by molar-refractivity contribution is -0.846. The second-order valence-electron chi connectivity index (χ2n) is 1.27. The molecule has 2 atom stereocenters. The van der Waals surface area contributed by atoms with Crippen LogP contribution in [0.4, 0.5) is 0 Å². The highest BCUT2D eigenvalue weighted by Crippen LogP contribution is 1.80. The Morgan fingerprint density at radius 2 is 3.11 bits per heavy atom. The Hall–Kier alpha value is -0.210. The van der Waals surface area contributed by atoms with Crippen molar-refractivity contribution in [3.63, 3.8) is 0 Å². The van der Waals surface area contributed by atoms with Crippen molar-refractivity contribution < 1.29 is 32.4 Å². The highest BCUT2D eigenvalue weighted by molar-refractivity contribution is 4.73. The molecule has 0 radical (unpaired) electrons. The molecule has 0 spiro atoms. The standard InChI is InChI=1S/C6H12N2.ClH/c1-3-8-5-4-7(2)6-8;/h4-5H,3,6H2,1-2H3;1H/i1D3,2D3,3D2,4D,5D,6D;. The zero-order chi connectivity index (χ0) is 15.4. The van der Waals surface area contributed by atoms with Crippen molar-refractivity contribution >= 4 is 0 Å². The molecular formula is C6H13ClN2. The zero-order valence-electron chi connectivity index (χ0n) is 15.4. The molecule has 0 aromatic heterocycles. The Morgan fingerprint density at radius 3 is 3.67 bits per heavy atom. The molecule has 0 aromatic rings. The maximum Gasteiger partial charge on any atom is 0.156 e. The van der Waals surface area contributed by atoms with E-state index in [1.807, 2.05) is 0 Å². The van der Waals surface area contributed by atoms with E-state index in [9.17, 15) is 0 Å². The van der Waals surface area contributed by atoms with Crippen molar-refractivity contribution in [2.75, 3.05) is 20.1 Å². The molecule has 54 valence electrons. The van der Waals surface area contributed by atoms with E-state index >= 15 is 0 Å². The number of nitrogens with zero attached hydrogens (tertiary/aromatic N) is 1. The maximum atomic E-state index is 7.66. The van der Waals surface area contributed by atoms with Gasteiger partial charge in [0.25, 0.3) is 0 Å². The Kier molecular flexibility index (Phi) is 0.629. The van der Waals surface area contributed by atoms with E-state index in [1.165, 1.54) is 0 Å². The van der Waals surface area contributed by atoms with Crippen molar-refractivity contribution in [3.05, 3.63) is 12.4 Å². The van der Waals surface area contributed by atoms with Crippen molar-refractivity contribution in [2.45, 2.75) is 6.85 Å². The van der Waals surface area contributed by atoms with Crippen LogP contribution in [0.3, 0.4) is 0 Å². The van der Waals surface area contributed by atoms with Gasteiger partial charge in [-0.2, -0.15) is 0 Å². The predicted octanol–water partition coefficient (Wildman–Crippen LogP) is -3.73. The molecule has 3 heteroatoms. The molecule has 0 aromatic carbocycles. The fraction of sp³-hybridized carbons (Fsp3) is 0.667. The molecule has 1 aliphatic rings. The summed E-state index contributed by atoms with van der Waals surface area (Å²) in [7, 11) is 0. The Labute approximate surface area is 78.0 Å². The minimum Gasteiger partial charge on any atom is -1.00 e. The molecule has 0 saturated heterocycles. The zero-order valence-corrected chi connectivity index (χ0v) is 5.16. The molecule has 1 rings (SSSR count). The quantitative estimate of drug-likeness (QED) is 0.414. The molecule has 9 heavy (non-hydrogen) atoms. The van der Waals surface area contributed by atoms with Gasteiger partial charge in [-0.1, -0.05) is 0 Å². The van der Waals surface area contributed by atoms with Crippen LogP contribution in [0.15, 0.2) is 12.4 Å². The van der Waals surface area contributed by atoms with Crippen molar-refractivity contribution in [3.8, 4) is 0 Å². The van der Waals surface area contributed by atoms with Crippen LogP contribution in [-0.4, -0.2) is 25.0 Å². The summed E-state index contributed by atoms with van der Waals surface area (Å²) in [4.78, 5) is -0.581. The lowest BCUT2D eigenvalue weighted by Gasteiger charge is -2.09. The SMILES string of the molecule is [2H]C1=C([2H])[NH+](C([2H])([2H])C([2H])([2H])[2H])C([2H])N1C([2H])([2H])[2H].[Cl-]. The van der Waals surface area contributed by atoms with Crippen LogP contribution in [0.2, 0.25) is 0 Å². The van der Waals surface area contributed by atoms with Crippen molar-refractivity contribution in [2.24, 2.45) is 0 Å². The number of nitrogens with one attached hydrogen (secondary N) is 1. The van der Waals surface area contributed by atoms with Crippen LogP contribution in [-0.2, 0) is 0 Å². The molecular weight excluding hydrogens is 136 g/mol. The summed E-state index contributed by atoms with van der Waals surface area (Å²) in [6, 6.07) is 0. The largest absolute Gasteiger partial charge is 1.00 e. The van der Waals surface area contributed by atoms with Gasteiger partial charge in [0.05, 0.1) is 16.8 Å². The molecule has 1 N–H and O–H groups in total. The third-order valence-corrected chi connectivity index (χ3v) is 0.704.